The lowest BCUT2D eigenvalue weighted by Crippen LogP contribution is -2.31. The van der Waals surface area contributed by atoms with Gasteiger partial charge in [-0.2, -0.15) is 0 Å². The van der Waals surface area contributed by atoms with Gasteiger partial charge in [-0.25, -0.2) is 0 Å². The highest BCUT2D eigenvalue weighted by Gasteiger charge is 2.23. The number of hydrogen-bond donors (Lipinski definition) is 1. The predicted octanol–water partition coefficient (Wildman–Crippen LogP) is 0.616. The Morgan fingerprint density at radius 3 is 3.56 bits per heavy atom. The SMILES string of the molecule is C1=CC2N=CSC2CN1. The normalized spacial score (nSPS) is 38.2. The smallest absolute Gasteiger partial charge is 0.0842 e. The fraction of sp³-hybridized carbons (Fsp3) is 0.500. The summed E-state index contributed by atoms with van der Waals surface area (Å²) >= 11 is 1.82. The second-order valence-electron chi connectivity index (χ2n) is 2.19. The Kier molecular flexibility index (Phi) is 1.23. The topological polar surface area (TPSA) is 24.4 Å². The quantitative estimate of drug-likeness (QED) is 0.533. The monoisotopic (exact) mass is 140 g/mol. The van der Waals surface area contributed by atoms with Crippen LogP contribution >= 0.6 is 11.8 Å². The highest BCUT2D eigenvalue weighted by Crippen LogP contribution is 2.23. The average molecular weight is 140 g/mol. The van der Waals surface area contributed by atoms with Gasteiger partial charge in [0.25, 0.3) is 0 Å². The van der Waals surface area contributed by atoms with Gasteiger partial charge in [-0.1, -0.05) is 0 Å². The van der Waals surface area contributed by atoms with Gasteiger partial charge in [0.15, 0.2) is 0 Å². The zero-order valence-electron chi connectivity index (χ0n) is 4.95. The van der Waals surface area contributed by atoms with E-state index in [4.69, 9.17) is 0 Å². The van der Waals surface area contributed by atoms with E-state index in [0.29, 0.717) is 11.3 Å². The number of hydrogen-bond acceptors (Lipinski definition) is 3. The molecule has 0 saturated carbocycles. The van der Waals surface area contributed by atoms with Crippen molar-refractivity contribution >= 4 is 17.3 Å². The molecule has 0 spiro atoms. The fourth-order valence-corrected chi connectivity index (χ4v) is 1.93. The van der Waals surface area contributed by atoms with Crippen molar-refractivity contribution in [2.24, 2.45) is 4.99 Å². The van der Waals surface area contributed by atoms with Crippen molar-refractivity contribution in [1.82, 2.24) is 5.32 Å². The van der Waals surface area contributed by atoms with Crippen LogP contribution in [0, 0.1) is 0 Å². The first kappa shape index (κ1) is 5.35. The summed E-state index contributed by atoms with van der Waals surface area (Å²) in [5.41, 5.74) is 1.95. The van der Waals surface area contributed by atoms with Crippen molar-refractivity contribution in [1.29, 1.82) is 0 Å². The zero-order valence-corrected chi connectivity index (χ0v) is 5.77. The second kappa shape index (κ2) is 2.06. The maximum absolute atomic E-state index is 4.27. The Labute approximate surface area is 58.4 Å². The molecule has 1 N–H and O–H groups in total. The van der Waals surface area contributed by atoms with Crippen LogP contribution in [0.25, 0.3) is 0 Å². The van der Waals surface area contributed by atoms with E-state index in [1.807, 2.05) is 23.5 Å². The first-order chi connectivity index (χ1) is 4.47. The molecule has 0 aromatic rings. The van der Waals surface area contributed by atoms with Crippen molar-refractivity contribution in [3.8, 4) is 0 Å². The minimum Gasteiger partial charge on any atom is -0.390 e. The van der Waals surface area contributed by atoms with Crippen molar-refractivity contribution in [2.75, 3.05) is 6.54 Å². The third kappa shape index (κ3) is 0.852. The molecule has 2 aliphatic rings. The van der Waals surface area contributed by atoms with Crippen LogP contribution in [-0.4, -0.2) is 23.4 Å². The van der Waals surface area contributed by atoms with Crippen LogP contribution in [0.1, 0.15) is 0 Å². The van der Waals surface area contributed by atoms with E-state index in [-0.39, 0.29) is 0 Å². The number of thioether (sulfide) groups is 1. The van der Waals surface area contributed by atoms with E-state index in [9.17, 15) is 0 Å². The molecular formula is C6H8N2S. The van der Waals surface area contributed by atoms with Crippen LogP contribution in [-0.2, 0) is 0 Å². The lowest BCUT2D eigenvalue weighted by Gasteiger charge is -2.17. The van der Waals surface area contributed by atoms with Gasteiger partial charge < -0.3 is 5.32 Å². The van der Waals surface area contributed by atoms with Crippen LogP contribution in [0.3, 0.4) is 0 Å². The molecule has 2 aliphatic heterocycles. The van der Waals surface area contributed by atoms with Gasteiger partial charge in [0.1, 0.15) is 0 Å². The lowest BCUT2D eigenvalue weighted by molar-refractivity contribution is 0.678. The van der Waals surface area contributed by atoms with Gasteiger partial charge in [0, 0.05) is 6.54 Å². The van der Waals surface area contributed by atoms with Crippen LogP contribution < -0.4 is 5.32 Å². The molecule has 0 aromatic heterocycles. The largest absolute Gasteiger partial charge is 0.390 e. The van der Waals surface area contributed by atoms with Gasteiger partial charge in [0.05, 0.1) is 16.8 Å². The van der Waals surface area contributed by atoms with Crippen LogP contribution in [0.5, 0.6) is 0 Å². The lowest BCUT2D eigenvalue weighted by atomic mass is 10.2. The Hall–Kier alpha value is -0.440. The summed E-state index contributed by atoms with van der Waals surface area (Å²) in [6.07, 6.45) is 4.11. The van der Waals surface area contributed by atoms with Gasteiger partial charge >= 0.3 is 0 Å². The number of nitrogens with zero attached hydrogens (tertiary/aromatic N) is 1. The summed E-state index contributed by atoms with van der Waals surface area (Å²) in [6.45, 7) is 1.06. The molecule has 0 radical (unpaired) electrons. The molecule has 2 atom stereocenters. The van der Waals surface area contributed by atoms with E-state index >= 15 is 0 Å². The minimum atomic E-state index is 0.455. The van der Waals surface area contributed by atoms with Crippen molar-refractivity contribution in [3.63, 3.8) is 0 Å². The zero-order chi connectivity index (χ0) is 6.10. The molecule has 0 aliphatic carbocycles. The summed E-state index contributed by atoms with van der Waals surface area (Å²) in [4.78, 5) is 4.27. The first-order valence-corrected chi connectivity index (χ1v) is 3.98. The summed E-state index contributed by atoms with van der Waals surface area (Å²) in [5.74, 6) is 0. The molecule has 2 heterocycles. The van der Waals surface area contributed by atoms with E-state index in [0.717, 1.165) is 6.54 Å². The number of nitrogens with one attached hydrogen (secondary N) is 1. The Balaban J connectivity index is 2.17. The number of aliphatic imine (C=N–C) groups is 1. The maximum atomic E-state index is 4.27. The summed E-state index contributed by atoms with van der Waals surface area (Å²) in [6, 6.07) is 0.455. The maximum Gasteiger partial charge on any atom is 0.0842 e. The Bertz CT molecular complexity index is 164. The first-order valence-electron chi connectivity index (χ1n) is 3.04. The molecular weight excluding hydrogens is 132 g/mol. The fourth-order valence-electron chi connectivity index (χ4n) is 1.05. The third-order valence-corrected chi connectivity index (χ3v) is 2.62. The summed E-state index contributed by atoms with van der Waals surface area (Å²) < 4.78 is 0. The molecule has 9 heavy (non-hydrogen) atoms. The molecule has 0 aromatic carbocycles. The highest BCUT2D eigenvalue weighted by atomic mass is 32.2. The minimum absolute atomic E-state index is 0.455. The predicted molar refractivity (Wildman–Crippen MR) is 40.8 cm³/mol. The Morgan fingerprint density at radius 2 is 2.67 bits per heavy atom. The van der Waals surface area contributed by atoms with Crippen LogP contribution in [0.4, 0.5) is 0 Å². The van der Waals surface area contributed by atoms with Crippen molar-refractivity contribution < 1.29 is 0 Å². The molecule has 2 nitrogen and oxygen atoms in total. The molecule has 0 amide bonds. The van der Waals surface area contributed by atoms with Gasteiger partial charge in [-0.05, 0) is 12.3 Å². The third-order valence-electron chi connectivity index (χ3n) is 1.58. The van der Waals surface area contributed by atoms with Gasteiger partial charge in [-0.15, -0.1) is 11.8 Å². The average Bonchev–Trinajstić information content (AvgIpc) is 2.33. The molecule has 2 unspecified atom stereocenters. The van der Waals surface area contributed by atoms with E-state index in [1.165, 1.54) is 0 Å². The van der Waals surface area contributed by atoms with E-state index in [1.54, 1.807) is 0 Å². The molecule has 0 bridgehead atoms. The molecule has 3 heteroatoms. The van der Waals surface area contributed by atoms with Crippen molar-refractivity contribution in [3.05, 3.63) is 12.3 Å². The van der Waals surface area contributed by atoms with E-state index in [2.05, 4.69) is 16.4 Å². The number of rotatable bonds is 0. The Morgan fingerprint density at radius 1 is 1.67 bits per heavy atom. The second-order valence-corrected chi connectivity index (χ2v) is 3.28. The van der Waals surface area contributed by atoms with E-state index < -0.39 is 0 Å². The highest BCUT2D eigenvalue weighted by molar-refractivity contribution is 8.13. The van der Waals surface area contributed by atoms with Gasteiger partial charge in [-0.3, -0.25) is 4.99 Å². The van der Waals surface area contributed by atoms with Crippen molar-refractivity contribution in [2.45, 2.75) is 11.3 Å². The van der Waals surface area contributed by atoms with Gasteiger partial charge in [0.2, 0.25) is 0 Å². The molecule has 48 valence electrons. The standard InChI is InChI=1S/C6H8N2S/c1-2-7-3-6-5(1)8-4-9-6/h1-2,4-7H,3H2. The molecule has 0 saturated heterocycles. The van der Waals surface area contributed by atoms with Crippen LogP contribution in [0.15, 0.2) is 17.3 Å². The number of fused-ring (bicyclic) bond motifs is 1. The summed E-state index contributed by atoms with van der Waals surface area (Å²) in [7, 11) is 0. The summed E-state index contributed by atoms with van der Waals surface area (Å²) in [5, 5.41) is 3.84. The molecule has 2 rings (SSSR count). The van der Waals surface area contributed by atoms with Crippen LogP contribution in [0.2, 0.25) is 0 Å². The molecule has 0 fully saturated rings.